The fourth-order valence-electron chi connectivity index (χ4n) is 4.29. The van der Waals surface area contributed by atoms with E-state index in [0.29, 0.717) is 11.1 Å². The Morgan fingerprint density at radius 2 is 1.87 bits per heavy atom. The van der Waals surface area contributed by atoms with Crippen LogP contribution in [0.1, 0.15) is 51.5 Å². The van der Waals surface area contributed by atoms with E-state index in [1.807, 2.05) is 69.3 Å². The van der Waals surface area contributed by atoms with Gasteiger partial charge in [0.25, 0.3) is 11.5 Å². The van der Waals surface area contributed by atoms with E-state index >= 15 is 0 Å². The summed E-state index contributed by atoms with van der Waals surface area (Å²) in [4.78, 5) is 32.9. The molecule has 0 aliphatic rings. The minimum Gasteiger partial charge on any atom is -0.348 e. The minimum absolute atomic E-state index is 0.0326. The summed E-state index contributed by atoms with van der Waals surface area (Å²) in [6.07, 6.45) is 1.78. The maximum absolute atomic E-state index is 13.3. The third-order valence-corrected chi connectivity index (χ3v) is 5.81. The van der Waals surface area contributed by atoms with Gasteiger partial charge in [-0.3, -0.25) is 14.6 Å². The van der Waals surface area contributed by atoms with Crippen molar-refractivity contribution in [2.75, 3.05) is 0 Å². The third kappa shape index (κ3) is 3.77. The predicted molar refractivity (Wildman–Crippen MR) is 122 cm³/mol. The van der Waals surface area contributed by atoms with Crippen molar-refractivity contribution in [3.05, 3.63) is 98.9 Å². The van der Waals surface area contributed by atoms with Crippen LogP contribution in [0, 0.1) is 20.8 Å². The van der Waals surface area contributed by atoms with Gasteiger partial charge >= 0.3 is 0 Å². The van der Waals surface area contributed by atoms with Crippen molar-refractivity contribution < 1.29 is 4.79 Å². The first-order chi connectivity index (χ1) is 14.9. The van der Waals surface area contributed by atoms with Gasteiger partial charge in [0.15, 0.2) is 0 Å². The molecule has 0 aliphatic heterocycles. The van der Waals surface area contributed by atoms with Crippen LogP contribution in [-0.4, -0.2) is 20.4 Å². The molecule has 4 rings (SSSR count). The third-order valence-electron chi connectivity index (χ3n) is 5.81. The van der Waals surface area contributed by atoms with E-state index in [9.17, 15) is 9.59 Å². The SMILES string of the molecule is Cc1cc(C)c(CNC(=O)c2c(C)n(C(C)c3ccccn3)c3ccccc23)c(=O)[nH]1. The van der Waals surface area contributed by atoms with Crippen molar-refractivity contribution in [2.24, 2.45) is 0 Å². The van der Waals surface area contributed by atoms with Crippen LogP contribution < -0.4 is 10.9 Å². The van der Waals surface area contributed by atoms with Gasteiger partial charge in [-0.15, -0.1) is 0 Å². The van der Waals surface area contributed by atoms with Crippen molar-refractivity contribution in [2.45, 2.75) is 40.3 Å². The average molecular weight is 415 g/mol. The molecule has 4 aromatic rings. The number of carbonyl (C=O) groups excluding carboxylic acids is 1. The lowest BCUT2D eigenvalue weighted by Gasteiger charge is -2.17. The van der Waals surface area contributed by atoms with Gasteiger partial charge in [0.1, 0.15) is 0 Å². The van der Waals surface area contributed by atoms with Gasteiger partial charge in [0, 0.05) is 40.6 Å². The summed E-state index contributed by atoms with van der Waals surface area (Å²) in [7, 11) is 0. The molecule has 31 heavy (non-hydrogen) atoms. The van der Waals surface area contributed by atoms with E-state index in [-0.39, 0.29) is 24.1 Å². The molecule has 2 N–H and O–H groups in total. The second-order valence-corrected chi connectivity index (χ2v) is 7.90. The molecule has 0 fully saturated rings. The summed E-state index contributed by atoms with van der Waals surface area (Å²) >= 11 is 0. The number of nitrogens with one attached hydrogen (secondary N) is 2. The van der Waals surface area contributed by atoms with Crippen LogP contribution in [-0.2, 0) is 6.54 Å². The lowest BCUT2D eigenvalue weighted by atomic mass is 10.1. The maximum atomic E-state index is 13.3. The molecule has 1 amide bonds. The second kappa shape index (κ2) is 8.22. The molecule has 6 heteroatoms. The van der Waals surface area contributed by atoms with Crippen LogP contribution in [0.25, 0.3) is 10.9 Å². The standard InChI is InChI=1S/C25H26N4O2/c1-15-13-16(2)28-24(30)20(15)14-27-25(31)23-18(4)29(22-11-6-5-9-19(22)23)17(3)21-10-7-8-12-26-21/h5-13,17H,14H2,1-4H3,(H,27,31)(H,28,30). The molecule has 1 atom stereocenters. The van der Waals surface area contributed by atoms with Gasteiger partial charge in [0.05, 0.1) is 17.3 Å². The van der Waals surface area contributed by atoms with Crippen LogP contribution in [0.2, 0.25) is 0 Å². The number of amides is 1. The van der Waals surface area contributed by atoms with Crippen LogP contribution >= 0.6 is 0 Å². The number of benzene rings is 1. The Morgan fingerprint density at radius 1 is 1.13 bits per heavy atom. The summed E-state index contributed by atoms with van der Waals surface area (Å²) in [5.41, 5.74) is 5.48. The predicted octanol–water partition coefficient (Wildman–Crippen LogP) is 4.19. The first-order valence-corrected chi connectivity index (χ1v) is 10.4. The average Bonchev–Trinajstić information content (AvgIpc) is 3.04. The smallest absolute Gasteiger partial charge is 0.254 e. The molecule has 0 aliphatic carbocycles. The minimum atomic E-state index is -0.194. The van der Waals surface area contributed by atoms with E-state index in [4.69, 9.17) is 0 Å². The van der Waals surface area contributed by atoms with Gasteiger partial charge in [-0.1, -0.05) is 24.3 Å². The first-order valence-electron chi connectivity index (χ1n) is 10.4. The van der Waals surface area contributed by atoms with E-state index < -0.39 is 0 Å². The van der Waals surface area contributed by atoms with Crippen LogP contribution in [0.5, 0.6) is 0 Å². The molecule has 0 radical (unpaired) electrons. The number of fused-ring (bicyclic) bond motifs is 1. The molecular weight excluding hydrogens is 388 g/mol. The molecule has 1 aromatic carbocycles. The highest BCUT2D eigenvalue weighted by atomic mass is 16.2. The fraction of sp³-hybridized carbons (Fsp3) is 0.240. The molecule has 6 nitrogen and oxygen atoms in total. The molecular formula is C25H26N4O2. The van der Waals surface area contributed by atoms with Crippen molar-refractivity contribution in [1.29, 1.82) is 0 Å². The van der Waals surface area contributed by atoms with Crippen LogP contribution in [0.15, 0.2) is 59.5 Å². The van der Waals surface area contributed by atoms with Crippen LogP contribution in [0.4, 0.5) is 0 Å². The summed E-state index contributed by atoms with van der Waals surface area (Å²) in [6, 6.07) is 15.6. The zero-order valence-electron chi connectivity index (χ0n) is 18.2. The molecule has 3 aromatic heterocycles. The number of rotatable bonds is 5. The zero-order valence-corrected chi connectivity index (χ0v) is 18.2. The largest absolute Gasteiger partial charge is 0.348 e. The summed E-state index contributed by atoms with van der Waals surface area (Å²) in [5, 5.41) is 3.84. The lowest BCUT2D eigenvalue weighted by molar-refractivity contribution is 0.0951. The number of H-pyrrole nitrogens is 1. The number of pyridine rings is 2. The van der Waals surface area contributed by atoms with Gasteiger partial charge in [-0.2, -0.15) is 0 Å². The van der Waals surface area contributed by atoms with Crippen molar-refractivity contribution in [1.82, 2.24) is 19.9 Å². The number of hydrogen-bond acceptors (Lipinski definition) is 3. The summed E-state index contributed by atoms with van der Waals surface area (Å²) in [5.74, 6) is -0.194. The Bertz CT molecular complexity index is 1320. The van der Waals surface area contributed by atoms with Crippen molar-refractivity contribution in [3.63, 3.8) is 0 Å². The highest BCUT2D eigenvalue weighted by Gasteiger charge is 2.23. The Balaban J connectivity index is 1.72. The molecule has 0 spiro atoms. The number of para-hydroxylation sites is 1. The highest BCUT2D eigenvalue weighted by molar-refractivity contribution is 6.08. The number of aromatic nitrogens is 3. The monoisotopic (exact) mass is 414 g/mol. The topological polar surface area (TPSA) is 79.8 Å². The molecule has 158 valence electrons. The van der Waals surface area contributed by atoms with Gasteiger partial charge < -0.3 is 14.9 Å². The molecule has 1 unspecified atom stereocenters. The highest BCUT2D eigenvalue weighted by Crippen LogP contribution is 2.31. The molecule has 3 heterocycles. The van der Waals surface area contributed by atoms with E-state index in [1.54, 1.807) is 6.20 Å². The van der Waals surface area contributed by atoms with Crippen molar-refractivity contribution in [3.8, 4) is 0 Å². The van der Waals surface area contributed by atoms with E-state index in [1.165, 1.54) is 0 Å². The molecule has 0 saturated heterocycles. The van der Waals surface area contributed by atoms with E-state index in [2.05, 4.69) is 26.8 Å². The molecule has 0 bridgehead atoms. The Morgan fingerprint density at radius 3 is 2.58 bits per heavy atom. The fourth-order valence-corrected chi connectivity index (χ4v) is 4.29. The normalized spacial score (nSPS) is 12.1. The first kappa shape index (κ1) is 20.6. The number of aryl methyl sites for hydroxylation is 2. The quantitative estimate of drug-likeness (QED) is 0.514. The summed E-state index contributed by atoms with van der Waals surface area (Å²) in [6.45, 7) is 7.94. The van der Waals surface area contributed by atoms with Gasteiger partial charge in [0.2, 0.25) is 0 Å². The Hall–Kier alpha value is -3.67. The number of aromatic amines is 1. The van der Waals surface area contributed by atoms with Gasteiger partial charge in [-0.05, 0) is 57.5 Å². The molecule has 0 saturated carbocycles. The maximum Gasteiger partial charge on any atom is 0.254 e. The Kier molecular flexibility index (Phi) is 5.46. The number of carbonyl (C=O) groups is 1. The number of hydrogen-bond donors (Lipinski definition) is 2. The van der Waals surface area contributed by atoms with Crippen LogP contribution in [0.3, 0.4) is 0 Å². The Labute approximate surface area is 181 Å². The zero-order chi connectivity index (χ0) is 22.1. The van der Waals surface area contributed by atoms with Gasteiger partial charge in [-0.25, -0.2) is 0 Å². The summed E-state index contributed by atoms with van der Waals surface area (Å²) < 4.78 is 2.15. The van der Waals surface area contributed by atoms with Crippen molar-refractivity contribution >= 4 is 16.8 Å². The second-order valence-electron chi connectivity index (χ2n) is 7.90. The lowest BCUT2D eigenvalue weighted by Crippen LogP contribution is -2.28. The number of nitrogens with zero attached hydrogens (tertiary/aromatic N) is 2. The van der Waals surface area contributed by atoms with E-state index in [0.717, 1.165) is 33.5 Å².